The molecular weight excluding hydrogens is 186 g/mol. The minimum atomic E-state index is 0.354. The van der Waals surface area contributed by atoms with Crippen molar-refractivity contribution in [1.82, 2.24) is 5.32 Å². The second-order valence-electron chi connectivity index (χ2n) is 5.05. The first-order valence-corrected chi connectivity index (χ1v) is 6.54. The van der Waals surface area contributed by atoms with Crippen LogP contribution in [0.15, 0.2) is 0 Å². The molecule has 2 heteroatoms. The van der Waals surface area contributed by atoms with Crippen molar-refractivity contribution in [1.29, 1.82) is 0 Å². The Balaban J connectivity index is 2.37. The van der Waals surface area contributed by atoms with Gasteiger partial charge in [0, 0.05) is 12.0 Å². The van der Waals surface area contributed by atoms with E-state index < -0.39 is 0 Å². The van der Waals surface area contributed by atoms with Crippen LogP contribution in [0.4, 0.5) is 0 Å². The monoisotopic (exact) mass is 213 g/mol. The van der Waals surface area contributed by atoms with Gasteiger partial charge in [0.25, 0.3) is 0 Å². The highest BCUT2D eigenvalue weighted by molar-refractivity contribution is 4.86. The second-order valence-corrected chi connectivity index (χ2v) is 5.05. The van der Waals surface area contributed by atoms with Crippen molar-refractivity contribution < 1.29 is 4.74 Å². The lowest BCUT2D eigenvalue weighted by molar-refractivity contribution is -0.0196. The van der Waals surface area contributed by atoms with Gasteiger partial charge in [0.05, 0.1) is 12.2 Å². The van der Waals surface area contributed by atoms with Crippen LogP contribution in [0.2, 0.25) is 0 Å². The molecule has 90 valence electrons. The zero-order valence-corrected chi connectivity index (χ0v) is 10.8. The molecule has 1 fully saturated rings. The summed E-state index contributed by atoms with van der Waals surface area (Å²) in [4.78, 5) is 0. The Bertz CT molecular complexity index is 170. The van der Waals surface area contributed by atoms with Crippen molar-refractivity contribution in [2.45, 2.75) is 71.6 Å². The van der Waals surface area contributed by atoms with E-state index in [4.69, 9.17) is 4.74 Å². The van der Waals surface area contributed by atoms with Gasteiger partial charge >= 0.3 is 0 Å². The van der Waals surface area contributed by atoms with Crippen LogP contribution in [0.25, 0.3) is 0 Å². The molecule has 1 aliphatic rings. The lowest BCUT2D eigenvalue weighted by Crippen LogP contribution is -2.39. The zero-order valence-electron chi connectivity index (χ0n) is 10.8. The van der Waals surface area contributed by atoms with Crippen molar-refractivity contribution in [3.8, 4) is 0 Å². The van der Waals surface area contributed by atoms with Crippen molar-refractivity contribution >= 4 is 0 Å². The molecule has 0 spiro atoms. The molecule has 1 unspecified atom stereocenters. The fourth-order valence-corrected chi connectivity index (χ4v) is 2.66. The predicted molar refractivity (Wildman–Crippen MR) is 65.1 cm³/mol. The highest BCUT2D eigenvalue weighted by atomic mass is 16.5. The van der Waals surface area contributed by atoms with Crippen LogP contribution < -0.4 is 5.32 Å². The Kier molecular flexibility index (Phi) is 5.62. The summed E-state index contributed by atoms with van der Waals surface area (Å²) in [7, 11) is 0. The van der Waals surface area contributed by atoms with Crippen molar-refractivity contribution in [2.24, 2.45) is 5.92 Å². The molecule has 0 aromatic carbocycles. The first kappa shape index (κ1) is 13.0. The van der Waals surface area contributed by atoms with Gasteiger partial charge in [-0.15, -0.1) is 0 Å². The summed E-state index contributed by atoms with van der Waals surface area (Å²) in [5.74, 6) is 0.721. The Morgan fingerprint density at radius 1 is 1.27 bits per heavy atom. The van der Waals surface area contributed by atoms with Crippen LogP contribution >= 0.6 is 0 Å². The first-order chi connectivity index (χ1) is 7.15. The minimum absolute atomic E-state index is 0.354. The molecule has 0 aliphatic heterocycles. The van der Waals surface area contributed by atoms with E-state index in [9.17, 15) is 0 Å². The van der Waals surface area contributed by atoms with Gasteiger partial charge in [-0.2, -0.15) is 0 Å². The van der Waals surface area contributed by atoms with E-state index >= 15 is 0 Å². The molecule has 1 aliphatic carbocycles. The third-order valence-electron chi connectivity index (χ3n) is 3.32. The summed E-state index contributed by atoms with van der Waals surface area (Å²) in [6.45, 7) is 9.86. The number of hydrogen-bond acceptors (Lipinski definition) is 2. The Morgan fingerprint density at radius 3 is 2.60 bits per heavy atom. The molecule has 15 heavy (non-hydrogen) atoms. The quantitative estimate of drug-likeness (QED) is 0.732. The number of ether oxygens (including phenoxy) is 1. The van der Waals surface area contributed by atoms with Gasteiger partial charge in [-0.05, 0) is 46.6 Å². The van der Waals surface area contributed by atoms with Gasteiger partial charge < -0.3 is 10.1 Å². The van der Waals surface area contributed by atoms with Crippen LogP contribution in [0, 0.1) is 5.92 Å². The fraction of sp³-hybridized carbons (Fsp3) is 1.00. The molecule has 0 saturated heterocycles. The van der Waals surface area contributed by atoms with Crippen molar-refractivity contribution in [2.75, 3.05) is 6.54 Å². The molecule has 3 atom stereocenters. The highest BCUT2D eigenvalue weighted by Crippen LogP contribution is 2.30. The molecule has 0 aromatic heterocycles. The minimum Gasteiger partial charge on any atom is -0.376 e. The topological polar surface area (TPSA) is 21.3 Å². The summed E-state index contributed by atoms with van der Waals surface area (Å²) < 4.78 is 5.90. The van der Waals surface area contributed by atoms with Gasteiger partial charge in [0.2, 0.25) is 0 Å². The van der Waals surface area contributed by atoms with Gasteiger partial charge in [-0.3, -0.25) is 0 Å². The summed E-state index contributed by atoms with van der Waals surface area (Å²) >= 11 is 0. The fourth-order valence-electron chi connectivity index (χ4n) is 2.66. The average Bonchev–Trinajstić information content (AvgIpc) is 2.61. The molecule has 0 amide bonds. The van der Waals surface area contributed by atoms with E-state index in [0.29, 0.717) is 18.2 Å². The Labute approximate surface area is 94.8 Å². The molecule has 1 rings (SSSR count). The van der Waals surface area contributed by atoms with Gasteiger partial charge in [-0.25, -0.2) is 0 Å². The van der Waals surface area contributed by atoms with Gasteiger partial charge in [-0.1, -0.05) is 13.3 Å². The first-order valence-electron chi connectivity index (χ1n) is 6.54. The molecule has 0 bridgehead atoms. The SMILES string of the molecule is CCCNC1CCC[C@H]1[C@H](C)OC(C)C. The van der Waals surface area contributed by atoms with E-state index in [2.05, 4.69) is 33.0 Å². The van der Waals surface area contributed by atoms with E-state index in [1.807, 2.05) is 0 Å². The van der Waals surface area contributed by atoms with Crippen LogP contribution in [0.5, 0.6) is 0 Å². The maximum atomic E-state index is 5.90. The molecule has 2 nitrogen and oxygen atoms in total. The van der Waals surface area contributed by atoms with E-state index in [0.717, 1.165) is 12.5 Å². The van der Waals surface area contributed by atoms with Crippen LogP contribution in [0.3, 0.4) is 0 Å². The summed E-state index contributed by atoms with van der Waals surface area (Å²) in [6, 6.07) is 0.693. The second kappa shape index (κ2) is 6.49. The normalized spacial score (nSPS) is 28.6. The standard InChI is InChI=1S/C13H27NO/c1-5-9-14-13-8-6-7-12(13)11(4)15-10(2)3/h10-14H,5-9H2,1-4H3/t11-,12-,13?/m0/s1. The lowest BCUT2D eigenvalue weighted by atomic mass is 9.97. The lowest BCUT2D eigenvalue weighted by Gasteiger charge is -2.28. The van der Waals surface area contributed by atoms with Gasteiger partial charge in [0.15, 0.2) is 0 Å². The predicted octanol–water partition coefficient (Wildman–Crippen LogP) is 2.97. The molecule has 1 N–H and O–H groups in total. The molecular formula is C13H27NO. The average molecular weight is 213 g/mol. The van der Waals surface area contributed by atoms with Crippen LogP contribution in [-0.4, -0.2) is 24.8 Å². The van der Waals surface area contributed by atoms with E-state index in [1.165, 1.54) is 25.7 Å². The third-order valence-corrected chi connectivity index (χ3v) is 3.32. The number of hydrogen-bond donors (Lipinski definition) is 1. The summed E-state index contributed by atoms with van der Waals surface area (Å²) in [6.07, 6.45) is 6.00. The molecule has 0 heterocycles. The smallest absolute Gasteiger partial charge is 0.0593 e. The Morgan fingerprint density at radius 2 is 2.00 bits per heavy atom. The van der Waals surface area contributed by atoms with E-state index in [1.54, 1.807) is 0 Å². The zero-order chi connectivity index (χ0) is 11.3. The van der Waals surface area contributed by atoms with Gasteiger partial charge in [0.1, 0.15) is 0 Å². The summed E-state index contributed by atoms with van der Waals surface area (Å²) in [5.41, 5.74) is 0. The molecule has 0 aromatic rings. The van der Waals surface area contributed by atoms with Crippen molar-refractivity contribution in [3.05, 3.63) is 0 Å². The third kappa shape index (κ3) is 4.12. The number of rotatable bonds is 6. The van der Waals surface area contributed by atoms with E-state index in [-0.39, 0.29) is 0 Å². The van der Waals surface area contributed by atoms with Crippen LogP contribution in [0.1, 0.15) is 53.4 Å². The summed E-state index contributed by atoms with van der Waals surface area (Å²) in [5, 5.41) is 3.66. The van der Waals surface area contributed by atoms with Crippen LogP contribution in [-0.2, 0) is 4.74 Å². The maximum absolute atomic E-state index is 5.90. The highest BCUT2D eigenvalue weighted by Gasteiger charge is 2.31. The Hall–Kier alpha value is -0.0800. The largest absolute Gasteiger partial charge is 0.376 e. The molecule has 0 radical (unpaired) electrons. The number of nitrogens with one attached hydrogen (secondary N) is 1. The molecule has 1 saturated carbocycles. The van der Waals surface area contributed by atoms with Crippen molar-refractivity contribution in [3.63, 3.8) is 0 Å². The maximum Gasteiger partial charge on any atom is 0.0593 e.